The van der Waals surface area contributed by atoms with E-state index in [2.05, 4.69) is 20.2 Å². The van der Waals surface area contributed by atoms with Gasteiger partial charge in [-0.3, -0.25) is 9.69 Å². The van der Waals surface area contributed by atoms with Crippen LogP contribution in [0.3, 0.4) is 0 Å². The molecule has 0 aromatic carbocycles. The Balaban J connectivity index is 1.72. The van der Waals surface area contributed by atoms with E-state index in [0.29, 0.717) is 0 Å². The lowest BCUT2D eigenvalue weighted by Gasteiger charge is -2.45. The highest BCUT2D eigenvalue weighted by Gasteiger charge is 2.42. The van der Waals surface area contributed by atoms with Crippen molar-refractivity contribution in [2.45, 2.75) is 31.3 Å². The van der Waals surface area contributed by atoms with Gasteiger partial charge in [0.25, 0.3) is 0 Å². The summed E-state index contributed by atoms with van der Waals surface area (Å²) in [5.41, 5.74) is -0.0592. The van der Waals surface area contributed by atoms with Gasteiger partial charge in [-0.2, -0.15) is 0 Å². The van der Waals surface area contributed by atoms with Crippen LogP contribution in [-0.2, 0) is 20.8 Å². The summed E-state index contributed by atoms with van der Waals surface area (Å²) < 4.78 is 14.8. The van der Waals surface area contributed by atoms with Crippen LogP contribution in [0.25, 0.3) is 0 Å². The zero-order chi connectivity index (χ0) is 16.1. The third-order valence-corrected chi connectivity index (χ3v) is 5.70. The van der Waals surface area contributed by atoms with Gasteiger partial charge in [0.05, 0.1) is 0 Å². The predicted molar refractivity (Wildman–Crippen MR) is 88.4 cm³/mol. The van der Waals surface area contributed by atoms with Crippen molar-refractivity contribution in [3.8, 4) is 0 Å². The van der Waals surface area contributed by atoms with Crippen molar-refractivity contribution in [2.75, 3.05) is 46.6 Å². The summed E-state index contributed by atoms with van der Waals surface area (Å²) in [5, 5.41) is 0. The number of ether oxygens (including phenoxy) is 2. The van der Waals surface area contributed by atoms with Crippen molar-refractivity contribution in [1.29, 1.82) is 0 Å². The van der Waals surface area contributed by atoms with Gasteiger partial charge < -0.3 is 14.4 Å². The molecular weight excluding hydrogens is 314 g/mol. The van der Waals surface area contributed by atoms with Crippen LogP contribution in [-0.4, -0.2) is 72.2 Å². The molecule has 1 spiro atoms. The predicted octanol–water partition coefficient (Wildman–Crippen LogP) is 1.37. The van der Waals surface area contributed by atoms with Crippen LogP contribution in [0, 0.1) is 0 Å². The second kappa shape index (κ2) is 7.70. The lowest BCUT2D eigenvalue weighted by atomic mass is 9.84. The molecule has 2 aliphatic heterocycles. The maximum Gasteiger partial charge on any atom is 0.249 e. The molecule has 3 heterocycles. The Bertz CT molecular complexity index is 503. The summed E-state index contributed by atoms with van der Waals surface area (Å²) in [6.07, 6.45) is 4.71. The van der Waals surface area contributed by atoms with Crippen molar-refractivity contribution in [1.82, 2.24) is 14.2 Å². The van der Waals surface area contributed by atoms with E-state index in [-0.39, 0.29) is 18.1 Å². The Morgan fingerprint density at radius 3 is 2.87 bits per heavy atom. The minimum absolute atomic E-state index is 0.0592. The number of amides is 1. The normalized spacial score (nSPS) is 22.2. The van der Waals surface area contributed by atoms with Gasteiger partial charge in [-0.25, -0.2) is 4.37 Å². The maximum absolute atomic E-state index is 12.6. The monoisotopic (exact) mass is 339 g/mol. The fraction of sp³-hybridized carbons (Fsp3) is 0.750. The number of rotatable bonds is 4. The van der Waals surface area contributed by atoms with Crippen LogP contribution in [0.4, 0.5) is 0 Å². The molecule has 3 rings (SSSR count). The summed E-state index contributed by atoms with van der Waals surface area (Å²) in [6, 6.07) is 2.08. The Kier molecular flexibility index (Phi) is 5.63. The highest BCUT2D eigenvalue weighted by Crippen LogP contribution is 2.34. The molecule has 0 atom stereocenters. The van der Waals surface area contributed by atoms with Crippen LogP contribution < -0.4 is 0 Å². The first-order valence-electron chi connectivity index (χ1n) is 8.23. The molecule has 0 bridgehead atoms. The van der Waals surface area contributed by atoms with E-state index in [9.17, 15) is 4.79 Å². The first-order chi connectivity index (χ1) is 11.2. The molecule has 1 aromatic heterocycles. The first kappa shape index (κ1) is 16.8. The second-order valence-electron chi connectivity index (χ2n) is 6.32. The van der Waals surface area contributed by atoms with Crippen molar-refractivity contribution in [3.05, 3.63) is 17.1 Å². The van der Waals surface area contributed by atoms with E-state index < -0.39 is 0 Å². The Hall–Kier alpha value is -1.02. The maximum atomic E-state index is 12.6. The molecule has 2 aliphatic rings. The number of nitrogens with zero attached hydrogens (tertiary/aromatic N) is 3. The number of hydrogen-bond acceptors (Lipinski definition) is 6. The van der Waals surface area contributed by atoms with Crippen LogP contribution in [0.15, 0.2) is 12.3 Å². The third-order valence-electron chi connectivity index (χ3n) is 4.97. The summed E-state index contributed by atoms with van der Waals surface area (Å²) in [4.78, 5) is 18.4. The van der Waals surface area contributed by atoms with E-state index in [4.69, 9.17) is 9.47 Å². The average Bonchev–Trinajstić information content (AvgIpc) is 3.00. The molecule has 1 aromatic rings. The van der Waals surface area contributed by atoms with E-state index in [0.717, 1.165) is 58.7 Å². The van der Waals surface area contributed by atoms with E-state index >= 15 is 0 Å². The van der Waals surface area contributed by atoms with Gasteiger partial charge in [-0.15, -0.1) is 0 Å². The van der Waals surface area contributed by atoms with E-state index in [1.165, 1.54) is 4.88 Å². The number of aromatic nitrogens is 1. The van der Waals surface area contributed by atoms with Gasteiger partial charge in [0.15, 0.2) is 0 Å². The van der Waals surface area contributed by atoms with Gasteiger partial charge >= 0.3 is 0 Å². The highest BCUT2D eigenvalue weighted by atomic mass is 32.1. The van der Waals surface area contributed by atoms with Gasteiger partial charge in [0.1, 0.15) is 6.61 Å². The Morgan fingerprint density at radius 1 is 1.35 bits per heavy atom. The minimum atomic E-state index is -0.0592. The SMILES string of the molecule is COCC(=O)N1CCN(Cc2ccns2)CCC12CCOCC2. The fourth-order valence-corrected chi connectivity index (χ4v) is 4.27. The fourth-order valence-electron chi connectivity index (χ4n) is 3.66. The lowest BCUT2D eigenvalue weighted by molar-refractivity contribution is -0.145. The standard InChI is InChI=1S/C16H25N3O3S/c1-21-13-15(20)19-9-8-18(12-14-2-6-17-23-14)7-3-16(19)4-10-22-11-5-16/h2,6H,3-5,7-13H2,1H3. The molecule has 0 radical (unpaired) electrons. The van der Waals surface area contributed by atoms with E-state index in [1.807, 2.05) is 6.20 Å². The van der Waals surface area contributed by atoms with Gasteiger partial charge in [0.2, 0.25) is 5.91 Å². The van der Waals surface area contributed by atoms with Crippen molar-refractivity contribution in [2.24, 2.45) is 0 Å². The highest BCUT2D eigenvalue weighted by molar-refractivity contribution is 7.05. The van der Waals surface area contributed by atoms with Crippen LogP contribution in [0.5, 0.6) is 0 Å². The van der Waals surface area contributed by atoms with E-state index in [1.54, 1.807) is 18.6 Å². The Morgan fingerprint density at radius 2 is 2.17 bits per heavy atom. The molecule has 2 fully saturated rings. The number of methoxy groups -OCH3 is 1. The molecule has 2 saturated heterocycles. The molecule has 7 heteroatoms. The van der Waals surface area contributed by atoms with Gasteiger partial charge in [-0.05, 0) is 36.9 Å². The summed E-state index contributed by atoms with van der Waals surface area (Å²) >= 11 is 1.55. The summed E-state index contributed by atoms with van der Waals surface area (Å²) in [7, 11) is 1.59. The number of carbonyl (C=O) groups is 1. The van der Waals surface area contributed by atoms with Crippen LogP contribution in [0.2, 0.25) is 0 Å². The topological polar surface area (TPSA) is 54.9 Å². The average molecular weight is 339 g/mol. The summed E-state index contributed by atoms with van der Waals surface area (Å²) in [5.74, 6) is 0.106. The Labute approximate surface area is 141 Å². The molecule has 0 aliphatic carbocycles. The molecule has 0 saturated carbocycles. The van der Waals surface area contributed by atoms with Gasteiger partial charge in [0, 0.05) is 63.1 Å². The van der Waals surface area contributed by atoms with Crippen molar-refractivity contribution >= 4 is 17.4 Å². The molecule has 128 valence electrons. The lowest BCUT2D eigenvalue weighted by Crippen LogP contribution is -2.55. The largest absolute Gasteiger partial charge is 0.381 e. The molecule has 0 unspecified atom stereocenters. The number of hydrogen-bond donors (Lipinski definition) is 0. The van der Waals surface area contributed by atoms with Crippen LogP contribution in [0.1, 0.15) is 24.1 Å². The second-order valence-corrected chi connectivity index (χ2v) is 7.24. The van der Waals surface area contributed by atoms with Crippen molar-refractivity contribution in [3.63, 3.8) is 0 Å². The first-order valence-corrected chi connectivity index (χ1v) is 9.00. The molecule has 0 N–H and O–H groups in total. The quantitative estimate of drug-likeness (QED) is 0.829. The van der Waals surface area contributed by atoms with Gasteiger partial charge in [-0.1, -0.05) is 0 Å². The minimum Gasteiger partial charge on any atom is -0.381 e. The number of carbonyl (C=O) groups excluding carboxylic acids is 1. The summed E-state index contributed by atoms with van der Waals surface area (Å²) in [6.45, 7) is 5.24. The zero-order valence-electron chi connectivity index (χ0n) is 13.7. The van der Waals surface area contributed by atoms with Crippen molar-refractivity contribution < 1.29 is 14.3 Å². The molecule has 23 heavy (non-hydrogen) atoms. The van der Waals surface area contributed by atoms with Crippen LogP contribution >= 0.6 is 11.5 Å². The molecule has 1 amide bonds. The third kappa shape index (κ3) is 3.91. The zero-order valence-corrected chi connectivity index (χ0v) is 14.5. The molecule has 6 nitrogen and oxygen atoms in total. The smallest absolute Gasteiger partial charge is 0.249 e. The molecular formula is C16H25N3O3S.